The number of thiol groups is 1. The van der Waals surface area contributed by atoms with E-state index in [1.165, 1.54) is 31.4 Å². The molecule has 0 N–H and O–H groups in total. The fourth-order valence-corrected chi connectivity index (χ4v) is 2.13. The lowest BCUT2D eigenvalue weighted by molar-refractivity contribution is 0.530. The zero-order valence-electron chi connectivity index (χ0n) is 9.46. The normalized spacial score (nSPS) is 10.9. The Kier molecular flexibility index (Phi) is 5.75. The Bertz CT molecular complexity index is 310. The van der Waals surface area contributed by atoms with E-state index >= 15 is 0 Å². The summed E-state index contributed by atoms with van der Waals surface area (Å²) in [7, 11) is 0. The van der Waals surface area contributed by atoms with Crippen LogP contribution in [0.4, 0.5) is 0 Å². The van der Waals surface area contributed by atoms with Crippen molar-refractivity contribution >= 4 is 28.6 Å². The summed E-state index contributed by atoms with van der Waals surface area (Å²) in [6.45, 7) is 5.18. The van der Waals surface area contributed by atoms with E-state index in [0.29, 0.717) is 0 Å². The molecule has 0 aliphatic rings. The van der Waals surface area contributed by atoms with Gasteiger partial charge in [0.1, 0.15) is 0 Å². The van der Waals surface area contributed by atoms with Crippen molar-refractivity contribution < 1.29 is 0 Å². The molecule has 4 heteroatoms. The lowest BCUT2D eigenvalue weighted by Crippen LogP contribution is -2.02. The first-order valence-corrected chi connectivity index (χ1v) is 6.89. The van der Waals surface area contributed by atoms with E-state index < -0.39 is 0 Å². The molecule has 0 aromatic carbocycles. The smallest absolute Gasteiger partial charge is 0.0738 e. The number of aromatic nitrogens is 2. The summed E-state index contributed by atoms with van der Waals surface area (Å²) in [6.07, 6.45) is 4.99. The highest BCUT2D eigenvalue weighted by Crippen LogP contribution is 2.20. The second-order valence-electron chi connectivity index (χ2n) is 3.85. The van der Waals surface area contributed by atoms with Gasteiger partial charge < -0.3 is 0 Å². The Balaban J connectivity index is 2.34. The van der Waals surface area contributed by atoms with E-state index in [4.69, 9.17) is 0 Å². The minimum absolute atomic E-state index is 1.01. The molecule has 2 nitrogen and oxygen atoms in total. The van der Waals surface area contributed by atoms with Crippen molar-refractivity contribution in [2.75, 3.05) is 5.75 Å². The van der Waals surface area contributed by atoms with Crippen LogP contribution in [-0.2, 0) is 6.54 Å². The fourth-order valence-electron chi connectivity index (χ4n) is 1.62. The highest BCUT2D eigenvalue weighted by Gasteiger charge is 2.07. The van der Waals surface area contributed by atoms with Gasteiger partial charge in [-0.1, -0.05) is 12.8 Å². The average Bonchev–Trinajstić information content (AvgIpc) is 2.46. The highest BCUT2D eigenvalue weighted by molar-refractivity contribution is 9.10. The third-order valence-corrected chi connectivity index (χ3v) is 4.04. The van der Waals surface area contributed by atoms with Crippen molar-refractivity contribution in [2.24, 2.45) is 0 Å². The molecule has 1 heterocycles. The van der Waals surface area contributed by atoms with Crippen LogP contribution in [0.25, 0.3) is 0 Å². The number of rotatable bonds is 6. The van der Waals surface area contributed by atoms with Gasteiger partial charge in [0.25, 0.3) is 0 Å². The Morgan fingerprint density at radius 2 is 1.87 bits per heavy atom. The van der Waals surface area contributed by atoms with Gasteiger partial charge in [0.05, 0.1) is 10.2 Å². The maximum atomic E-state index is 4.48. The van der Waals surface area contributed by atoms with Gasteiger partial charge in [0, 0.05) is 12.2 Å². The molecule has 0 unspecified atom stereocenters. The molecule has 0 aliphatic carbocycles. The molecule has 86 valence electrons. The molecule has 15 heavy (non-hydrogen) atoms. The van der Waals surface area contributed by atoms with E-state index in [9.17, 15) is 0 Å². The van der Waals surface area contributed by atoms with Crippen molar-refractivity contribution in [1.82, 2.24) is 9.78 Å². The zero-order valence-corrected chi connectivity index (χ0v) is 11.9. The van der Waals surface area contributed by atoms with Crippen LogP contribution in [0.3, 0.4) is 0 Å². The van der Waals surface area contributed by atoms with Crippen LogP contribution in [-0.4, -0.2) is 15.5 Å². The number of halogens is 1. The zero-order chi connectivity index (χ0) is 11.3. The molecule has 1 rings (SSSR count). The van der Waals surface area contributed by atoms with E-state index in [2.05, 4.69) is 45.3 Å². The lowest BCUT2D eigenvalue weighted by Gasteiger charge is -2.03. The number of nitrogens with zero attached hydrogens (tertiary/aromatic N) is 2. The number of aryl methyl sites for hydroxylation is 2. The van der Waals surface area contributed by atoms with Crippen molar-refractivity contribution in [1.29, 1.82) is 0 Å². The molecule has 0 spiro atoms. The quantitative estimate of drug-likeness (QED) is 0.624. The molecular weight excluding hydrogens is 272 g/mol. The predicted octanol–water partition coefficient (Wildman–Crippen LogP) is 3.75. The van der Waals surface area contributed by atoms with Gasteiger partial charge in [-0.15, -0.1) is 0 Å². The third-order valence-electron chi connectivity index (χ3n) is 2.57. The van der Waals surface area contributed by atoms with E-state index in [-0.39, 0.29) is 0 Å². The summed E-state index contributed by atoms with van der Waals surface area (Å²) >= 11 is 7.74. The standard InChI is InChI=1S/C11H19BrN2S/c1-9-11(12)10(2)14(13-9)7-5-3-4-6-8-15/h15H,3-8H2,1-2H3. The van der Waals surface area contributed by atoms with Crippen LogP contribution in [0.5, 0.6) is 0 Å². The van der Waals surface area contributed by atoms with Gasteiger partial charge in [0.2, 0.25) is 0 Å². The summed E-state index contributed by atoms with van der Waals surface area (Å²) in [5.74, 6) is 1.01. The summed E-state index contributed by atoms with van der Waals surface area (Å²) in [5, 5.41) is 4.48. The maximum Gasteiger partial charge on any atom is 0.0738 e. The summed E-state index contributed by atoms with van der Waals surface area (Å²) in [4.78, 5) is 0. The van der Waals surface area contributed by atoms with E-state index in [1.807, 2.05) is 6.92 Å². The van der Waals surface area contributed by atoms with Gasteiger partial charge in [-0.25, -0.2) is 0 Å². The Morgan fingerprint density at radius 3 is 2.40 bits per heavy atom. The van der Waals surface area contributed by atoms with Gasteiger partial charge in [-0.05, 0) is 48.4 Å². The van der Waals surface area contributed by atoms with Gasteiger partial charge in [0.15, 0.2) is 0 Å². The van der Waals surface area contributed by atoms with Crippen LogP contribution >= 0.6 is 28.6 Å². The molecule has 0 atom stereocenters. The minimum atomic E-state index is 1.01. The monoisotopic (exact) mass is 290 g/mol. The molecule has 1 aromatic heterocycles. The topological polar surface area (TPSA) is 17.8 Å². The molecule has 0 aliphatic heterocycles. The Labute approximate surface area is 106 Å². The first-order chi connectivity index (χ1) is 7.16. The largest absolute Gasteiger partial charge is 0.268 e. The molecule has 1 aromatic rings. The molecule has 0 amide bonds. The number of unbranched alkanes of at least 4 members (excludes halogenated alkanes) is 3. The predicted molar refractivity (Wildman–Crippen MR) is 71.7 cm³/mol. The van der Waals surface area contributed by atoms with Crippen molar-refractivity contribution in [2.45, 2.75) is 46.1 Å². The average molecular weight is 291 g/mol. The second kappa shape index (κ2) is 6.59. The first kappa shape index (κ1) is 13.1. The van der Waals surface area contributed by atoms with E-state index in [0.717, 1.165) is 22.5 Å². The fraction of sp³-hybridized carbons (Fsp3) is 0.727. The first-order valence-electron chi connectivity index (χ1n) is 5.47. The SMILES string of the molecule is Cc1nn(CCCCCCS)c(C)c1Br. The Hall–Kier alpha value is 0.0400. The highest BCUT2D eigenvalue weighted by atomic mass is 79.9. The van der Waals surface area contributed by atoms with Crippen LogP contribution in [0.2, 0.25) is 0 Å². The molecule has 0 saturated heterocycles. The molecule has 0 fully saturated rings. The molecule has 0 radical (unpaired) electrons. The van der Waals surface area contributed by atoms with Gasteiger partial charge in [-0.3, -0.25) is 4.68 Å². The summed E-state index contributed by atoms with van der Waals surface area (Å²) in [6, 6.07) is 0. The number of hydrogen-bond donors (Lipinski definition) is 1. The molecule has 0 saturated carbocycles. The second-order valence-corrected chi connectivity index (χ2v) is 5.09. The number of hydrogen-bond acceptors (Lipinski definition) is 2. The van der Waals surface area contributed by atoms with Crippen LogP contribution in [0.15, 0.2) is 4.47 Å². The Morgan fingerprint density at radius 1 is 1.20 bits per heavy atom. The minimum Gasteiger partial charge on any atom is -0.268 e. The van der Waals surface area contributed by atoms with Crippen LogP contribution in [0, 0.1) is 13.8 Å². The van der Waals surface area contributed by atoms with Gasteiger partial charge >= 0.3 is 0 Å². The van der Waals surface area contributed by atoms with Crippen LogP contribution in [0.1, 0.15) is 37.1 Å². The maximum absolute atomic E-state index is 4.48. The van der Waals surface area contributed by atoms with Crippen molar-refractivity contribution in [3.8, 4) is 0 Å². The summed E-state index contributed by atoms with van der Waals surface area (Å²) in [5.41, 5.74) is 2.32. The van der Waals surface area contributed by atoms with Crippen LogP contribution < -0.4 is 0 Å². The van der Waals surface area contributed by atoms with Crippen molar-refractivity contribution in [3.05, 3.63) is 15.9 Å². The van der Waals surface area contributed by atoms with Gasteiger partial charge in [-0.2, -0.15) is 17.7 Å². The van der Waals surface area contributed by atoms with E-state index in [1.54, 1.807) is 0 Å². The third kappa shape index (κ3) is 3.83. The molecule has 0 bridgehead atoms. The summed E-state index contributed by atoms with van der Waals surface area (Å²) < 4.78 is 3.25. The van der Waals surface area contributed by atoms with Crippen molar-refractivity contribution in [3.63, 3.8) is 0 Å². The molecular formula is C11H19BrN2S. The lowest BCUT2D eigenvalue weighted by atomic mass is 10.2.